The largest absolute Gasteiger partial charge is 0.379 e. The third-order valence-electron chi connectivity index (χ3n) is 2.05. The minimum Gasteiger partial charge on any atom is -0.379 e. The zero-order chi connectivity index (χ0) is 10.2. The zero-order valence-electron chi connectivity index (χ0n) is 9.03. The molecule has 4 heteroatoms. The maximum absolute atomic E-state index is 5.56. The van der Waals surface area contributed by atoms with Gasteiger partial charge in [-0.15, -0.1) is 0 Å². The van der Waals surface area contributed by atoms with Crippen molar-refractivity contribution in [3.8, 4) is 0 Å². The van der Waals surface area contributed by atoms with E-state index in [1.807, 2.05) is 13.8 Å². The van der Waals surface area contributed by atoms with Crippen LogP contribution in [0.2, 0.25) is 0 Å². The molecule has 1 saturated heterocycles. The number of hydrogen-bond acceptors (Lipinski definition) is 4. The normalized spacial score (nSPS) is 27.9. The molecule has 4 nitrogen and oxygen atoms in total. The summed E-state index contributed by atoms with van der Waals surface area (Å²) in [6, 6.07) is 0. The van der Waals surface area contributed by atoms with Gasteiger partial charge in [-0.3, -0.25) is 0 Å². The highest BCUT2D eigenvalue weighted by atomic mass is 16.6. The average Bonchev–Trinajstić information content (AvgIpc) is 2.25. The van der Waals surface area contributed by atoms with Gasteiger partial charge in [0.05, 0.1) is 26.4 Å². The molecule has 1 aliphatic rings. The molecule has 1 fully saturated rings. The number of ether oxygens (including phenoxy) is 4. The molecular formula is C10H20O4. The van der Waals surface area contributed by atoms with Crippen LogP contribution in [0.1, 0.15) is 13.8 Å². The Morgan fingerprint density at radius 3 is 1.64 bits per heavy atom. The topological polar surface area (TPSA) is 36.9 Å². The van der Waals surface area contributed by atoms with Crippen molar-refractivity contribution in [1.29, 1.82) is 0 Å². The summed E-state index contributed by atoms with van der Waals surface area (Å²) in [6.45, 7) is 7.86. The lowest BCUT2D eigenvalue weighted by atomic mass is 10.3. The molecule has 1 heterocycles. The third-order valence-corrected chi connectivity index (χ3v) is 2.05. The Bertz CT molecular complexity index is 116. The van der Waals surface area contributed by atoms with Crippen LogP contribution in [0.15, 0.2) is 0 Å². The second-order valence-corrected chi connectivity index (χ2v) is 3.23. The number of rotatable bonds is 6. The van der Waals surface area contributed by atoms with E-state index in [-0.39, 0.29) is 12.2 Å². The van der Waals surface area contributed by atoms with Crippen molar-refractivity contribution in [2.45, 2.75) is 26.1 Å². The Morgan fingerprint density at radius 1 is 0.929 bits per heavy atom. The molecule has 0 aromatic rings. The lowest BCUT2D eigenvalue weighted by Gasteiger charge is -2.29. The van der Waals surface area contributed by atoms with Crippen molar-refractivity contribution in [1.82, 2.24) is 0 Å². The van der Waals surface area contributed by atoms with Gasteiger partial charge < -0.3 is 18.9 Å². The maximum atomic E-state index is 5.56. The summed E-state index contributed by atoms with van der Waals surface area (Å²) in [7, 11) is 0. The van der Waals surface area contributed by atoms with Crippen LogP contribution < -0.4 is 0 Å². The van der Waals surface area contributed by atoms with Gasteiger partial charge in [0.1, 0.15) is 12.2 Å². The molecule has 84 valence electrons. The molecular weight excluding hydrogens is 184 g/mol. The summed E-state index contributed by atoms with van der Waals surface area (Å²) in [4.78, 5) is 0. The summed E-state index contributed by atoms with van der Waals surface area (Å²) in [5.74, 6) is 0. The predicted molar refractivity (Wildman–Crippen MR) is 52.5 cm³/mol. The summed E-state index contributed by atoms with van der Waals surface area (Å²) >= 11 is 0. The monoisotopic (exact) mass is 204 g/mol. The minimum absolute atomic E-state index is 0.0906. The van der Waals surface area contributed by atoms with E-state index in [9.17, 15) is 0 Å². The standard InChI is InChI=1S/C10H20O4/c1-3-11-5-9-7-14-10(8-13-9)6-12-4-2/h9-10H,3-8H2,1-2H3/t9-,10-/m1/s1. The molecule has 0 spiro atoms. The first-order valence-electron chi connectivity index (χ1n) is 5.25. The third kappa shape index (κ3) is 4.37. The van der Waals surface area contributed by atoms with Gasteiger partial charge in [0.25, 0.3) is 0 Å². The second-order valence-electron chi connectivity index (χ2n) is 3.23. The molecule has 2 atom stereocenters. The summed E-state index contributed by atoms with van der Waals surface area (Å²) < 4.78 is 21.6. The van der Waals surface area contributed by atoms with Gasteiger partial charge in [0.15, 0.2) is 0 Å². The highest BCUT2D eigenvalue weighted by molar-refractivity contribution is 4.67. The van der Waals surface area contributed by atoms with Crippen LogP contribution in [0.4, 0.5) is 0 Å². The van der Waals surface area contributed by atoms with Crippen LogP contribution in [-0.4, -0.2) is 51.8 Å². The summed E-state index contributed by atoms with van der Waals surface area (Å²) in [5, 5.41) is 0. The molecule has 1 rings (SSSR count). The van der Waals surface area contributed by atoms with Gasteiger partial charge in [-0.05, 0) is 13.8 Å². The smallest absolute Gasteiger partial charge is 0.104 e. The predicted octanol–water partition coefficient (Wildman–Crippen LogP) is 0.843. The number of hydrogen-bond donors (Lipinski definition) is 0. The molecule has 0 N–H and O–H groups in total. The Hall–Kier alpha value is -0.160. The van der Waals surface area contributed by atoms with Crippen LogP contribution in [0.3, 0.4) is 0 Å². The molecule has 0 bridgehead atoms. The first-order chi connectivity index (χ1) is 6.86. The van der Waals surface area contributed by atoms with Crippen LogP contribution in [0, 0.1) is 0 Å². The quantitative estimate of drug-likeness (QED) is 0.642. The lowest BCUT2D eigenvalue weighted by Crippen LogP contribution is -2.40. The van der Waals surface area contributed by atoms with Crippen LogP contribution in [-0.2, 0) is 18.9 Å². The van der Waals surface area contributed by atoms with E-state index in [0.29, 0.717) is 26.4 Å². The fraction of sp³-hybridized carbons (Fsp3) is 1.00. The van der Waals surface area contributed by atoms with E-state index >= 15 is 0 Å². The van der Waals surface area contributed by atoms with Gasteiger partial charge >= 0.3 is 0 Å². The first-order valence-corrected chi connectivity index (χ1v) is 5.25. The van der Waals surface area contributed by atoms with Gasteiger partial charge in [-0.2, -0.15) is 0 Å². The van der Waals surface area contributed by atoms with E-state index in [1.54, 1.807) is 0 Å². The molecule has 0 radical (unpaired) electrons. The fourth-order valence-electron chi connectivity index (χ4n) is 1.27. The fourth-order valence-corrected chi connectivity index (χ4v) is 1.27. The van der Waals surface area contributed by atoms with Gasteiger partial charge in [0, 0.05) is 13.2 Å². The van der Waals surface area contributed by atoms with Crippen molar-refractivity contribution in [2.75, 3.05) is 39.6 Å². The first kappa shape index (κ1) is 11.9. The SMILES string of the molecule is CCOC[C@@H]1CO[C@H](COCC)CO1. The van der Waals surface area contributed by atoms with Crippen molar-refractivity contribution in [3.05, 3.63) is 0 Å². The van der Waals surface area contributed by atoms with E-state index in [4.69, 9.17) is 18.9 Å². The summed E-state index contributed by atoms with van der Waals surface area (Å²) in [5.41, 5.74) is 0. The van der Waals surface area contributed by atoms with E-state index in [2.05, 4.69) is 0 Å². The van der Waals surface area contributed by atoms with Crippen molar-refractivity contribution in [3.63, 3.8) is 0 Å². The second kappa shape index (κ2) is 7.17. The highest BCUT2D eigenvalue weighted by Crippen LogP contribution is 2.08. The highest BCUT2D eigenvalue weighted by Gasteiger charge is 2.22. The van der Waals surface area contributed by atoms with Gasteiger partial charge in [-0.25, -0.2) is 0 Å². The molecule has 0 aromatic heterocycles. The Morgan fingerprint density at radius 2 is 1.36 bits per heavy atom. The van der Waals surface area contributed by atoms with E-state index in [0.717, 1.165) is 13.2 Å². The van der Waals surface area contributed by atoms with E-state index in [1.165, 1.54) is 0 Å². The van der Waals surface area contributed by atoms with Crippen molar-refractivity contribution < 1.29 is 18.9 Å². The van der Waals surface area contributed by atoms with Gasteiger partial charge in [-0.1, -0.05) is 0 Å². The van der Waals surface area contributed by atoms with Crippen molar-refractivity contribution >= 4 is 0 Å². The summed E-state index contributed by atoms with van der Waals surface area (Å²) in [6.07, 6.45) is 0.181. The minimum atomic E-state index is 0.0906. The molecule has 0 unspecified atom stereocenters. The van der Waals surface area contributed by atoms with Crippen LogP contribution in [0.5, 0.6) is 0 Å². The lowest BCUT2D eigenvalue weighted by molar-refractivity contribution is -0.165. The molecule has 1 aliphatic heterocycles. The molecule has 0 saturated carbocycles. The molecule has 14 heavy (non-hydrogen) atoms. The molecule has 0 aromatic carbocycles. The average molecular weight is 204 g/mol. The molecule has 0 amide bonds. The van der Waals surface area contributed by atoms with Crippen molar-refractivity contribution in [2.24, 2.45) is 0 Å². The van der Waals surface area contributed by atoms with Gasteiger partial charge in [0.2, 0.25) is 0 Å². The maximum Gasteiger partial charge on any atom is 0.104 e. The Kier molecular flexibility index (Phi) is 6.10. The molecule has 0 aliphatic carbocycles. The zero-order valence-corrected chi connectivity index (χ0v) is 9.03. The van der Waals surface area contributed by atoms with Crippen LogP contribution >= 0.6 is 0 Å². The Labute approximate surface area is 85.5 Å². The Balaban J connectivity index is 2.05. The van der Waals surface area contributed by atoms with E-state index < -0.39 is 0 Å². The van der Waals surface area contributed by atoms with Crippen LogP contribution in [0.25, 0.3) is 0 Å².